The van der Waals surface area contributed by atoms with Gasteiger partial charge in [0.1, 0.15) is 18.6 Å². The van der Waals surface area contributed by atoms with Crippen LogP contribution in [0.2, 0.25) is 0 Å². The maximum atomic E-state index is 13.6. The molecule has 628 valence electrons. The van der Waals surface area contributed by atoms with E-state index in [0.717, 1.165) is 167 Å². The summed E-state index contributed by atoms with van der Waals surface area (Å²) in [6.07, 6.45) is 42.2. The van der Waals surface area contributed by atoms with Gasteiger partial charge >= 0.3 is 71.1 Å². The number of rotatable bonds is 76. The smallest absolute Gasteiger partial charge is 0.756 e. The van der Waals surface area contributed by atoms with Crippen molar-refractivity contribution in [1.82, 2.24) is 21.3 Å². The summed E-state index contributed by atoms with van der Waals surface area (Å²) in [7, 11) is -10.1. The predicted molar refractivity (Wildman–Crippen MR) is 423 cm³/mol. The van der Waals surface area contributed by atoms with Crippen molar-refractivity contribution >= 4 is 51.2 Å². The van der Waals surface area contributed by atoms with Gasteiger partial charge in [0.15, 0.2) is 0 Å². The van der Waals surface area contributed by atoms with Crippen molar-refractivity contribution in [2.45, 2.75) is 389 Å². The molecule has 0 aromatic carbocycles. The monoisotopic (exact) mass is 1600 g/mol. The Morgan fingerprint density at radius 1 is 0.370 bits per heavy atom. The van der Waals surface area contributed by atoms with Gasteiger partial charge < -0.3 is 78.3 Å². The first-order valence-electron chi connectivity index (χ1n) is 40.2. The normalized spacial score (nSPS) is 14.0. The van der Waals surface area contributed by atoms with Gasteiger partial charge in [-0.15, -0.1) is 0 Å². The molecule has 0 rings (SSSR count). The second-order valence-corrected chi connectivity index (χ2v) is 30.3. The van der Waals surface area contributed by atoms with Crippen molar-refractivity contribution in [3.63, 3.8) is 0 Å². The number of nitrogens with one attached hydrogen (secondary N) is 4. The van der Waals surface area contributed by atoms with Gasteiger partial charge in [-0.25, -0.2) is 0 Å². The Bertz CT molecular complexity index is 2120. The van der Waals surface area contributed by atoms with Crippen molar-refractivity contribution in [1.29, 1.82) is 0 Å². The van der Waals surface area contributed by atoms with E-state index in [-0.39, 0.29) is 147 Å². The molecule has 0 aromatic heterocycles. The second-order valence-electron chi connectivity index (χ2n) is 27.5. The van der Waals surface area contributed by atoms with Crippen LogP contribution < -0.4 is 90.2 Å². The summed E-state index contributed by atoms with van der Waals surface area (Å²) in [5.41, 5.74) is 0. The Hall–Kier alpha value is -1.64. The Morgan fingerprint density at radius 2 is 0.667 bits per heavy atom. The Labute approximate surface area is 700 Å². The number of aliphatic hydroxyl groups excluding tert-OH is 2. The van der Waals surface area contributed by atoms with Gasteiger partial charge in [-0.05, 0) is 103 Å². The summed E-state index contributed by atoms with van der Waals surface area (Å²) in [6.45, 7) is 9.66. The molecule has 0 fully saturated rings. The second kappa shape index (κ2) is 83.3. The molecule has 6 N–H and O–H groups in total. The van der Waals surface area contributed by atoms with E-state index in [1.165, 1.54) is 38.5 Å². The zero-order valence-corrected chi connectivity index (χ0v) is 72.6. The fourth-order valence-corrected chi connectivity index (χ4v) is 12.7. The molecular formula is C80H156N4Na2O20P2. The number of carbonyl (C=O) groups is 6. The first-order chi connectivity index (χ1) is 49.7. The van der Waals surface area contributed by atoms with E-state index >= 15 is 0 Å². The SMILES string of the molecule is C.C.C.CCCCCC/C=C\CCCC(=O)O[C@H](CCCCCCC)CC(=O)NC(COCC[C@H](O)CCCCCCC)COP(=O)([O-])OCCNC(=O)CC(=O)NCCOP(=O)([O-])OCC(COCC[C@H](O)CCCCCCC)NC(=O)C[C@@H](CCCCCCC)OC(=O)CCC/C=C\CCCCCC.[Na+].[Na+]. The molecule has 0 spiro atoms. The minimum absolute atomic E-state index is 0. The third kappa shape index (κ3) is 79.6. The summed E-state index contributed by atoms with van der Waals surface area (Å²) < 4.78 is 69.7. The molecule has 4 amide bonds. The minimum Gasteiger partial charge on any atom is -0.756 e. The average Bonchev–Trinajstić information content (AvgIpc) is 0.908. The Morgan fingerprint density at radius 3 is 0.991 bits per heavy atom. The number of phosphoric acid groups is 2. The number of unbranched alkanes of at least 4 members (excludes halogenated alkanes) is 26. The molecule has 0 bridgehead atoms. The van der Waals surface area contributed by atoms with Crippen LogP contribution in [-0.2, 0) is 74.9 Å². The number of ether oxygens (including phenoxy) is 4. The Kier molecular flexibility index (Phi) is 90.4. The van der Waals surface area contributed by atoms with Crippen molar-refractivity contribution < 1.29 is 154 Å². The fourth-order valence-electron chi connectivity index (χ4n) is 11.2. The minimum atomic E-state index is -5.06. The summed E-state index contributed by atoms with van der Waals surface area (Å²) in [5.74, 6) is -3.44. The number of allylic oxidation sites excluding steroid dienone is 4. The molecule has 0 saturated heterocycles. The van der Waals surface area contributed by atoms with E-state index in [9.17, 15) is 57.9 Å². The van der Waals surface area contributed by atoms with E-state index in [4.69, 9.17) is 37.0 Å². The largest absolute Gasteiger partial charge is 1.00 e. The Balaban J connectivity index is -0.00000520. The fraction of sp³-hybridized carbons (Fsp3) is 0.875. The van der Waals surface area contributed by atoms with Crippen LogP contribution in [0.4, 0.5) is 0 Å². The van der Waals surface area contributed by atoms with Crippen LogP contribution in [0.5, 0.6) is 0 Å². The molecule has 0 aliphatic carbocycles. The van der Waals surface area contributed by atoms with E-state index in [1.54, 1.807) is 0 Å². The molecule has 24 nitrogen and oxygen atoms in total. The van der Waals surface area contributed by atoms with Crippen LogP contribution in [0.25, 0.3) is 0 Å². The molecule has 0 heterocycles. The van der Waals surface area contributed by atoms with Crippen LogP contribution in [0.15, 0.2) is 24.3 Å². The number of phosphoric ester groups is 2. The number of hydrogen-bond acceptors (Lipinski definition) is 20. The summed E-state index contributed by atoms with van der Waals surface area (Å²) in [5, 5.41) is 31.4. The van der Waals surface area contributed by atoms with Crippen molar-refractivity contribution in [3.8, 4) is 0 Å². The third-order valence-electron chi connectivity index (χ3n) is 17.3. The van der Waals surface area contributed by atoms with E-state index in [2.05, 4.69) is 87.1 Å². The summed E-state index contributed by atoms with van der Waals surface area (Å²) in [6, 6.07) is -2.01. The average molecular weight is 1600 g/mol. The number of carbonyl (C=O) groups excluding carboxylic acids is 6. The molecular weight excluding hydrogens is 1440 g/mol. The topological polar surface area (TPSA) is 345 Å². The number of esters is 2. The zero-order valence-electron chi connectivity index (χ0n) is 66.8. The van der Waals surface area contributed by atoms with Crippen LogP contribution in [0.1, 0.15) is 353 Å². The van der Waals surface area contributed by atoms with Crippen molar-refractivity contribution in [3.05, 3.63) is 24.3 Å². The molecule has 108 heavy (non-hydrogen) atoms. The van der Waals surface area contributed by atoms with Crippen LogP contribution >= 0.6 is 15.6 Å². The first kappa shape index (κ1) is 117. The quantitative estimate of drug-likeness (QED) is 0.00823. The molecule has 0 aromatic rings. The van der Waals surface area contributed by atoms with Gasteiger partial charge in [0.2, 0.25) is 23.6 Å². The number of hydrogen-bond donors (Lipinski definition) is 6. The van der Waals surface area contributed by atoms with Gasteiger partial charge in [-0.3, -0.25) is 37.9 Å². The first-order valence-corrected chi connectivity index (χ1v) is 43.2. The maximum absolute atomic E-state index is 13.6. The predicted octanol–water partition coefficient (Wildman–Crippen LogP) is 10.5. The van der Waals surface area contributed by atoms with Gasteiger partial charge in [-0.1, -0.05) is 242 Å². The van der Waals surface area contributed by atoms with Crippen LogP contribution in [0, 0.1) is 0 Å². The molecule has 0 radical (unpaired) electrons. The van der Waals surface area contributed by atoms with Gasteiger partial charge in [0.25, 0.3) is 15.6 Å². The third-order valence-corrected chi connectivity index (χ3v) is 19.3. The number of amides is 4. The molecule has 0 aliphatic heterocycles. The summed E-state index contributed by atoms with van der Waals surface area (Å²) >= 11 is 0. The van der Waals surface area contributed by atoms with Gasteiger partial charge in [0.05, 0.1) is 76.8 Å². The standard InChI is InChI=1S/C77H146N4O20P2.3CH4.2Na/c1-7-13-19-25-27-29-31-37-43-49-76(88)100-70(47-41-35-23-17-11-5)59-74(86)80-66(62-94-55-51-68(82)45-39-33-21-15-9-3)64-98-102(90,91)96-57-53-78-72(84)61-73(85)79-54-58-97-103(92,93)99-65-67(63-95-56-52-69(83)46-40-34-22-16-10-4)81-75(87)60-71(48-42-36-24-18-12-6)101-77(89)50-44-38-32-30-28-26-20-14-8-2;;;;;/h29-32,66-71,82-83H,7-28,33-65H2,1-6H3,(H,78,84)(H,79,85)(H,80,86)(H,81,87)(H,90,91)(H,92,93);3*1H4;;/q;;;;2*+1/p-2/b31-29-,32-30-;;;;;/t66?,67?,68-,69-,70-,71-;;;;;/m1...../s1. The molecule has 0 aliphatic rings. The van der Waals surface area contributed by atoms with E-state index in [0.29, 0.717) is 51.4 Å². The van der Waals surface area contributed by atoms with E-state index < -0.39 is 121 Å². The molecule has 8 atom stereocenters. The number of aliphatic hydroxyl groups is 2. The van der Waals surface area contributed by atoms with E-state index in [1.807, 2.05) is 0 Å². The van der Waals surface area contributed by atoms with Crippen molar-refractivity contribution in [2.24, 2.45) is 0 Å². The van der Waals surface area contributed by atoms with Crippen LogP contribution in [0.3, 0.4) is 0 Å². The van der Waals surface area contributed by atoms with Gasteiger partial charge in [0, 0.05) is 39.1 Å². The molecule has 28 heteroatoms. The molecule has 0 saturated carbocycles. The molecule has 4 unspecified atom stereocenters. The maximum Gasteiger partial charge on any atom is 1.00 e. The summed E-state index contributed by atoms with van der Waals surface area (Å²) in [4.78, 5) is 105. The van der Waals surface area contributed by atoms with Crippen molar-refractivity contribution in [2.75, 3.05) is 65.9 Å². The van der Waals surface area contributed by atoms with Gasteiger partial charge in [-0.2, -0.15) is 0 Å². The zero-order chi connectivity index (χ0) is 76.1. The van der Waals surface area contributed by atoms with Crippen LogP contribution in [-0.4, -0.2) is 148 Å².